The maximum atomic E-state index is 13.0. The summed E-state index contributed by atoms with van der Waals surface area (Å²) in [5.41, 5.74) is 0.0776. The Labute approximate surface area is 153 Å². The van der Waals surface area contributed by atoms with Crippen LogP contribution in [0.15, 0.2) is 42.5 Å². The molecule has 9 heteroatoms. The van der Waals surface area contributed by atoms with Crippen LogP contribution >= 0.6 is 0 Å². The van der Waals surface area contributed by atoms with Crippen LogP contribution in [0.1, 0.15) is 23.2 Å². The van der Waals surface area contributed by atoms with Crippen molar-refractivity contribution in [3.05, 3.63) is 74.1 Å². The summed E-state index contributed by atoms with van der Waals surface area (Å²) in [6.45, 7) is 0.826. The molecule has 1 aliphatic heterocycles. The van der Waals surface area contributed by atoms with E-state index in [9.17, 15) is 29.4 Å². The van der Waals surface area contributed by atoms with E-state index in [1.807, 2.05) is 0 Å². The standard InChI is InChI=1S/C18H16FN3O5/c19-14-3-1-12(2-4-14)18(23)13-7-9-20(10-8-13)16-6-5-15(21(24)25)11-17(16)22(26)27/h1-6,11,13H,7-10H2. The third-order valence-corrected chi connectivity index (χ3v) is 4.70. The van der Waals surface area contributed by atoms with E-state index in [2.05, 4.69) is 0 Å². The van der Waals surface area contributed by atoms with Crippen LogP contribution in [0.4, 0.5) is 21.5 Å². The first kappa shape index (κ1) is 18.4. The zero-order valence-corrected chi connectivity index (χ0v) is 14.2. The Morgan fingerprint density at radius 2 is 1.63 bits per heavy atom. The Kier molecular flexibility index (Phi) is 5.11. The molecule has 1 heterocycles. The van der Waals surface area contributed by atoms with Gasteiger partial charge in [-0.15, -0.1) is 0 Å². The number of piperidine rings is 1. The third-order valence-electron chi connectivity index (χ3n) is 4.70. The summed E-state index contributed by atoms with van der Waals surface area (Å²) in [4.78, 5) is 35.1. The number of rotatable bonds is 5. The summed E-state index contributed by atoms with van der Waals surface area (Å²) in [5.74, 6) is -0.733. The lowest BCUT2D eigenvalue weighted by atomic mass is 9.88. The molecule has 2 aromatic rings. The van der Waals surface area contributed by atoms with Crippen LogP contribution in [0.5, 0.6) is 0 Å². The summed E-state index contributed by atoms with van der Waals surface area (Å²) < 4.78 is 13.0. The van der Waals surface area contributed by atoms with Crippen LogP contribution in [-0.4, -0.2) is 28.7 Å². The van der Waals surface area contributed by atoms with Crippen molar-refractivity contribution in [2.24, 2.45) is 5.92 Å². The second kappa shape index (κ2) is 7.48. The SMILES string of the molecule is O=C(c1ccc(F)cc1)C1CCN(c2ccc([N+](=O)[O-])cc2[N+](=O)[O-])CC1. The van der Waals surface area contributed by atoms with Gasteiger partial charge in [-0.05, 0) is 43.2 Å². The molecule has 27 heavy (non-hydrogen) atoms. The van der Waals surface area contributed by atoms with Gasteiger partial charge < -0.3 is 4.90 Å². The minimum Gasteiger partial charge on any atom is -0.366 e. The quantitative estimate of drug-likeness (QED) is 0.449. The topological polar surface area (TPSA) is 107 Å². The Morgan fingerprint density at radius 1 is 1.00 bits per heavy atom. The number of non-ortho nitro benzene ring substituents is 1. The highest BCUT2D eigenvalue weighted by Gasteiger charge is 2.30. The number of Topliss-reactive ketones (excluding diaryl/α,β-unsaturated/α-hetero) is 1. The van der Waals surface area contributed by atoms with Crippen LogP contribution in [0.3, 0.4) is 0 Å². The van der Waals surface area contributed by atoms with Gasteiger partial charge in [-0.3, -0.25) is 25.0 Å². The molecule has 0 spiro atoms. The van der Waals surface area contributed by atoms with Crippen LogP contribution in [0, 0.1) is 32.0 Å². The molecule has 0 radical (unpaired) electrons. The highest BCUT2D eigenvalue weighted by atomic mass is 19.1. The van der Waals surface area contributed by atoms with Gasteiger partial charge in [0.25, 0.3) is 11.4 Å². The first-order valence-corrected chi connectivity index (χ1v) is 8.34. The van der Waals surface area contributed by atoms with E-state index in [0.29, 0.717) is 37.2 Å². The fourth-order valence-electron chi connectivity index (χ4n) is 3.27. The second-order valence-corrected chi connectivity index (χ2v) is 6.32. The summed E-state index contributed by atoms with van der Waals surface area (Å²) in [6.07, 6.45) is 0.981. The van der Waals surface area contributed by atoms with Crippen LogP contribution < -0.4 is 4.90 Å². The van der Waals surface area contributed by atoms with Crippen molar-refractivity contribution in [2.75, 3.05) is 18.0 Å². The number of hydrogen-bond acceptors (Lipinski definition) is 6. The molecular weight excluding hydrogens is 357 g/mol. The fourth-order valence-corrected chi connectivity index (χ4v) is 3.27. The van der Waals surface area contributed by atoms with Crippen molar-refractivity contribution < 1.29 is 19.0 Å². The smallest absolute Gasteiger partial charge is 0.299 e. The third kappa shape index (κ3) is 3.91. The molecule has 0 N–H and O–H groups in total. The number of ketones is 1. The summed E-state index contributed by atoms with van der Waals surface area (Å²) in [5, 5.41) is 22.1. The molecule has 0 bridgehead atoms. The van der Waals surface area contributed by atoms with E-state index < -0.39 is 15.7 Å². The first-order valence-electron chi connectivity index (χ1n) is 8.34. The van der Waals surface area contributed by atoms with Gasteiger partial charge in [0.05, 0.1) is 15.9 Å². The van der Waals surface area contributed by atoms with Crippen molar-refractivity contribution in [3.8, 4) is 0 Å². The predicted octanol–water partition coefficient (Wildman–Crippen LogP) is 3.74. The molecule has 0 atom stereocenters. The van der Waals surface area contributed by atoms with Crippen molar-refractivity contribution in [2.45, 2.75) is 12.8 Å². The monoisotopic (exact) mass is 373 g/mol. The molecule has 1 fully saturated rings. The lowest BCUT2D eigenvalue weighted by Gasteiger charge is -2.32. The van der Waals surface area contributed by atoms with E-state index in [-0.39, 0.29) is 23.1 Å². The normalized spacial score (nSPS) is 14.8. The van der Waals surface area contributed by atoms with Crippen molar-refractivity contribution in [1.82, 2.24) is 0 Å². The first-order chi connectivity index (χ1) is 12.9. The van der Waals surface area contributed by atoms with Crippen LogP contribution in [0.25, 0.3) is 0 Å². The van der Waals surface area contributed by atoms with Gasteiger partial charge >= 0.3 is 0 Å². The molecule has 3 rings (SSSR count). The van der Waals surface area contributed by atoms with E-state index in [1.165, 1.54) is 36.4 Å². The maximum Gasteiger partial charge on any atom is 0.299 e. The molecule has 0 aromatic heterocycles. The van der Waals surface area contributed by atoms with Crippen LogP contribution in [0.2, 0.25) is 0 Å². The summed E-state index contributed by atoms with van der Waals surface area (Å²) in [6, 6.07) is 8.93. The van der Waals surface area contributed by atoms with Crippen LogP contribution in [-0.2, 0) is 0 Å². The minimum absolute atomic E-state index is 0.0761. The average molecular weight is 373 g/mol. The Morgan fingerprint density at radius 3 is 2.19 bits per heavy atom. The highest BCUT2D eigenvalue weighted by Crippen LogP contribution is 2.34. The van der Waals surface area contributed by atoms with Gasteiger partial charge in [0, 0.05) is 30.6 Å². The lowest BCUT2D eigenvalue weighted by molar-refractivity contribution is -0.393. The zero-order valence-electron chi connectivity index (χ0n) is 14.2. The number of hydrogen-bond donors (Lipinski definition) is 0. The fraction of sp³-hybridized carbons (Fsp3) is 0.278. The van der Waals surface area contributed by atoms with E-state index in [0.717, 1.165) is 6.07 Å². The maximum absolute atomic E-state index is 13.0. The van der Waals surface area contributed by atoms with Gasteiger partial charge in [0.1, 0.15) is 11.5 Å². The van der Waals surface area contributed by atoms with E-state index in [1.54, 1.807) is 4.90 Å². The lowest BCUT2D eigenvalue weighted by Crippen LogP contribution is -2.36. The minimum atomic E-state index is -0.676. The number of carbonyl (C=O) groups is 1. The molecule has 1 saturated heterocycles. The van der Waals surface area contributed by atoms with Gasteiger partial charge in [-0.25, -0.2) is 4.39 Å². The number of nitro benzene ring substituents is 2. The molecule has 1 aliphatic rings. The van der Waals surface area contributed by atoms with E-state index >= 15 is 0 Å². The van der Waals surface area contributed by atoms with E-state index in [4.69, 9.17) is 0 Å². The number of benzene rings is 2. The molecule has 140 valence electrons. The molecule has 0 unspecified atom stereocenters. The molecule has 0 aliphatic carbocycles. The largest absolute Gasteiger partial charge is 0.366 e. The number of halogens is 1. The highest BCUT2D eigenvalue weighted by molar-refractivity contribution is 5.98. The van der Waals surface area contributed by atoms with Crippen molar-refractivity contribution in [3.63, 3.8) is 0 Å². The summed E-state index contributed by atoms with van der Waals surface area (Å²) >= 11 is 0. The van der Waals surface area contributed by atoms with Gasteiger partial charge in [-0.2, -0.15) is 0 Å². The molecule has 0 amide bonds. The second-order valence-electron chi connectivity index (χ2n) is 6.32. The number of carbonyl (C=O) groups excluding carboxylic acids is 1. The van der Waals surface area contributed by atoms with Crippen molar-refractivity contribution in [1.29, 1.82) is 0 Å². The van der Waals surface area contributed by atoms with Gasteiger partial charge in [-0.1, -0.05) is 0 Å². The average Bonchev–Trinajstić information content (AvgIpc) is 2.67. The molecule has 0 saturated carbocycles. The van der Waals surface area contributed by atoms with Gasteiger partial charge in [0.2, 0.25) is 0 Å². The molecular formula is C18H16FN3O5. The number of nitrogens with zero attached hydrogens (tertiary/aromatic N) is 3. The van der Waals surface area contributed by atoms with Crippen molar-refractivity contribution >= 4 is 22.8 Å². The predicted molar refractivity (Wildman–Crippen MR) is 95.4 cm³/mol. The number of anilines is 1. The zero-order chi connectivity index (χ0) is 19.6. The Bertz CT molecular complexity index is 892. The molecule has 2 aromatic carbocycles. The Balaban J connectivity index is 1.74. The van der Waals surface area contributed by atoms with Gasteiger partial charge in [0.15, 0.2) is 5.78 Å². The molecule has 8 nitrogen and oxygen atoms in total. The Hall–Kier alpha value is -3.36. The summed E-state index contributed by atoms with van der Waals surface area (Å²) in [7, 11) is 0. The number of nitro groups is 2.